The topological polar surface area (TPSA) is 41.6 Å². The van der Waals surface area contributed by atoms with Crippen LogP contribution in [0.25, 0.3) is 0 Å². The van der Waals surface area contributed by atoms with Gasteiger partial charge in [0.25, 0.3) is 0 Å². The van der Waals surface area contributed by atoms with E-state index in [2.05, 4.69) is 5.32 Å². The molecule has 28 heavy (non-hydrogen) atoms. The zero-order chi connectivity index (χ0) is 20.3. The van der Waals surface area contributed by atoms with Crippen molar-refractivity contribution in [1.82, 2.24) is 10.2 Å². The van der Waals surface area contributed by atoms with E-state index in [1.807, 2.05) is 48.2 Å². The third kappa shape index (κ3) is 4.32. The smallest absolute Gasteiger partial charge is 0.338 e. The summed E-state index contributed by atoms with van der Waals surface area (Å²) in [6.07, 6.45) is 0. The van der Waals surface area contributed by atoms with Crippen molar-refractivity contribution in [3.8, 4) is 0 Å². The Morgan fingerprint density at radius 2 is 1.86 bits per heavy atom. The Kier molecular flexibility index (Phi) is 6.60. The predicted octanol–water partition coefficient (Wildman–Crippen LogP) is 5.26. The fourth-order valence-electron chi connectivity index (χ4n) is 3.15. The molecule has 4 nitrogen and oxygen atoms in total. The van der Waals surface area contributed by atoms with Crippen molar-refractivity contribution < 1.29 is 9.53 Å². The van der Waals surface area contributed by atoms with Crippen molar-refractivity contribution in [2.75, 3.05) is 6.61 Å². The molecule has 2 aromatic rings. The van der Waals surface area contributed by atoms with E-state index in [1.54, 1.807) is 19.1 Å². The molecule has 0 saturated carbocycles. The summed E-state index contributed by atoms with van der Waals surface area (Å²) >= 11 is 17.9. The molecule has 0 bridgehead atoms. The first-order valence-electron chi connectivity index (χ1n) is 8.87. The van der Waals surface area contributed by atoms with Gasteiger partial charge < -0.3 is 15.0 Å². The van der Waals surface area contributed by atoms with Crippen LogP contribution >= 0.6 is 35.4 Å². The number of carbonyl (C=O) groups is 1. The summed E-state index contributed by atoms with van der Waals surface area (Å²) in [5.74, 6) is -0.376. The summed E-state index contributed by atoms with van der Waals surface area (Å²) in [5.41, 5.74) is 3.05. The number of thiocarbonyl (C=S) groups is 1. The summed E-state index contributed by atoms with van der Waals surface area (Å²) in [5, 5.41) is 5.07. The maximum absolute atomic E-state index is 12.8. The standard InChI is InChI=1S/C21H20Cl2N2O2S/c1-3-27-20(26)18-13(2)25(12-15-6-4-5-7-17(15)23)21(28)24-19(18)14-8-10-16(22)11-9-14/h4-11,19H,3,12H2,1-2H3,(H,24,28)/t19-/m0/s1. The zero-order valence-corrected chi connectivity index (χ0v) is 17.9. The molecule has 0 saturated heterocycles. The number of esters is 1. The first-order valence-corrected chi connectivity index (χ1v) is 10.0. The maximum atomic E-state index is 12.8. The van der Waals surface area contributed by atoms with Gasteiger partial charge in [-0.15, -0.1) is 0 Å². The number of benzene rings is 2. The Morgan fingerprint density at radius 3 is 2.50 bits per heavy atom. The minimum Gasteiger partial charge on any atom is -0.463 e. The highest BCUT2D eigenvalue weighted by molar-refractivity contribution is 7.80. The molecular weight excluding hydrogens is 415 g/mol. The number of allylic oxidation sites excluding steroid dienone is 1. The van der Waals surface area contributed by atoms with Gasteiger partial charge in [0, 0.05) is 15.7 Å². The van der Waals surface area contributed by atoms with Gasteiger partial charge in [-0.2, -0.15) is 0 Å². The Labute approximate surface area is 180 Å². The Balaban J connectivity index is 2.03. The van der Waals surface area contributed by atoms with Crippen molar-refractivity contribution in [3.63, 3.8) is 0 Å². The summed E-state index contributed by atoms with van der Waals surface area (Å²) in [6.45, 7) is 4.40. The largest absolute Gasteiger partial charge is 0.463 e. The average molecular weight is 435 g/mol. The van der Waals surface area contributed by atoms with Crippen molar-refractivity contribution in [2.45, 2.75) is 26.4 Å². The van der Waals surface area contributed by atoms with E-state index in [-0.39, 0.29) is 12.6 Å². The second-order valence-electron chi connectivity index (χ2n) is 6.33. The fourth-order valence-corrected chi connectivity index (χ4v) is 3.79. The van der Waals surface area contributed by atoms with Gasteiger partial charge in [-0.3, -0.25) is 0 Å². The monoisotopic (exact) mass is 434 g/mol. The van der Waals surface area contributed by atoms with Gasteiger partial charge in [-0.05, 0) is 55.4 Å². The van der Waals surface area contributed by atoms with E-state index in [0.717, 1.165) is 16.8 Å². The summed E-state index contributed by atoms with van der Waals surface area (Å²) in [6, 6.07) is 14.5. The van der Waals surface area contributed by atoms with E-state index in [4.69, 9.17) is 40.2 Å². The lowest BCUT2D eigenvalue weighted by Gasteiger charge is -2.37. The molecule has 0 aliphatic carbocycles. The minimum atomic E-state index is -0.411. The average Bonchev–Trinajstić information content (AvgIpc) is 2.66. The van der Waals surface area contributed by atoms with Gasteiger partial charge in [-0.1, -0.05) is 53.5 Å². The van der Waals surface area contributed by atoms with Crippen molar-refractivity contribution in [1.29, 1.82) is 0 Å². The zero-order valence-electron chi connectivity index (χ0n) is 15.5. The highest BCUT2D eigenvalue weighted by Crippen LogP contribution is 2.33. The molecule has 1 atom stereocenters. The molecule has 146 valence electrons. The highest BCUT2D eigenvalue weighted by atomic mass is 35.5. The van der Waals surface area contributed by atoms with Gasteiger partial charge in [0.15, 0.2) is 5.11 Å². The third-order valence-corrected chi connectivity index (χ3v) is 5.54. The van der Waals surface area contributed by atoms with E-state index >= 15 is 0 Å². The Morgan fingerprint density at radius 1 is 1.18 bits per heavy atom. The lowest BCUT2D eigenvalue weighted by Crippen LogP contribution is -2.47. The van der Waals surface area contributed by atoms with E-state index in [9.17, 15) is 4.79 Å². The van der Waals surface area contributed by atoms with Crippen molar-refractivity contribution >= 4 is 46.5 Å². The van der Waals surface area contributed by atoms with Crippen LogP contribution in [-0.4, -0.2) is 22.6 Å². The Bertz CT molecular complexity index is 928. The quantitative estimate of drug-likeness (QED) is 0.513. The van der Waals surface area contributed by atoms with E-state index in [0.29, 0.717) is 27.3 Å². The SMILES string of the molecule is CCOC(=O)C1=C(C)N(Cc2ccccc2Cl)C(=S)N[C@H]1c1ccc(Cl)cc1. The van der Waals surface area contributed by atoms with E-state index in [1.165, 1.54) is 0 Å². The normalized spacial score (nSPS) is 16.8. The second-order valence-corrected chi connectivity index (χ2v) is 7.56. The van der Waals surface area contributed by atoms with Crippen LogP contribution in [0.1, 0.15) is 31.0 Å². The number of hydrogen-bond acceptors (Lipinski definition) is 3. The van der Waals surface area contributed by atoms with Crippen molar-refractivity contribution in [2.24, 2.45) is 0 Å². The van der Waals surface area contributed by atoms with Crippen LogP contribution in [-0.2, 0) is 16.1 Å². The number of carbonyl (C=O) groups excluding carboxylic acids is 1. The summed E-state index contributed by atoms with van der Waals surface area (Å²) in [4.78, 5) is 14.7. The van der Waals surface area contributed by atoms with Gasteiger partial charge in [-0.25, -0.2) is 4.79 Å². The highest BCUT2D eigenvalue weighted by Gasteiger charge is 2.34. The molecule has 7 heteroatoms. The third-order valence-electron chi connectivity index (χ3n) is 4.58. The Hall–Kier alpha value is -2.08. The van der Waals surface area contributed by atoms with Gasteiger partial charge >= 0.3 is 5.97 Å². The molecule has 0 fully saturated rings. The molecule has 1 aliphatic rings. The van der Waals surface area contributed by atoms with E-state index < -0.39 is 6.04 Å². The number of ether oxygens (including phenoxy) is 1. The molecule has 0 amide bonds. The number of halogens is 2. The number of hydrogen-bond donors (Lipinski definition) is 1. The molecule has 1 heterocycles. The maximum Gasteiger partial charge on any atom is 0.338 e. The first kappa shape index (κ1) is 20.6. The van der Waals surface area contributed by atoms with Crippen LogP contribution in [0.4, 0.5) is 0 Å². The fraction of sp³-hybridized carbons (Fsp3) is 0.238. The molecule has 1 aliphatic heterocycles. The molecule has 0 spiro atoms. The summed E-state index contributed by atoms with van der Waals surface area (Å²) < 4.78 is 5.33. The number of nitrogens with one attached hydrogen (secondary N) is 1. The minimum absolute atomic E-state index is 0.290. The van der Waals surface area contributed by atoms with Gasteiger partial charge in [0.2, 0.25) is 0 Å². The van der Waals surface area contributed by atoms with Gasteiger partial charge in [0.05, 0.1) is 24.8 Å². The predicted molar refractivity (Wildman–Crippen MR) is 116 cm³/mol. The van der Waals surface area contributed by atoms with Crippen LogP contribution < -0.4 is 5.32 Å². The number of nitrogens with zero attached hydrogens (tertiary/aromatic N) is 1. The summed E-state index contributed by atoms with van der Waals surface area (Å²) in [7, 11) is 0. The molecule has 2 aromatic carbocycles. The van der Waals surface area contributed by atoms with Crippen LogP contribution in [0, 0.1) is 0 Å². The second kappa shape index (κ2) is 8.95. The lowest BCUT2D eigenvalue weighted by atomic mass is 9.95. The first-order chi connectivity index (χ1) is 13.4. The number of rotatable bonds is 5. The van der Waals surface area contributed by atoms with Gasteiger partial charge in [0.1, 0.15) is 0 Å². The molecule has 1 N–H and O–H groups in total. The molecule has 0 aromatic heterocycles. The van der Waals surface area contributed by atoms with Crippen LogP contribution in [0.2, 0.25) is 10.0 Å². The molecular formula is C21H20Cl2N2O2S. The van der Waals surface area contributed by atoms with Crippen LogP contribution in [0.15, 0.2) is 59.8 Å². The molecule has 0 radical (unpaired) electrons. The van der Waals surface area contributed by atoms with Crippen LogP contribution in [0.3, 0.4) is 0 Å². The van der Waals surface area contributed by atoms with Crippen LogP contribution in [0.5, 0.6) is 0 Å². The van der Waals surface area contributed by atoms with Crippen molar-refractivity contribution in [3.05, 3.63) is 81.0 Å². The molecule has 3 rings (SSSR count). The lowest BCUT2D eigenvalue weighted by molar-refractivity contribution is -0.139. The molecule has 0 unspecified atom stereocenters.